The van der Waals surface area contributed by atoms with Crippen molar-refractivity contribution in [3.05, 3.63) is 60.3 Å². The highest BCUT2D eigenvalue weighted by molar-refractivity contribution is 5.90. The van der Waals surface area contributed by atoms with Crippen molar-refractivity contribution < 1.29 is 9.47 Å². The van der Waals surface area contributed by atoms with Crippen molar-refractivity contribution in [1.29, 1.82) is 0 Å². The second-order valence-electron chi connectivity index (χ2n) is 8.71. The minimum absolute atomic E-state index is 0.171. The lowest BCUT2D eigenvalue weighted by molar-refractivity contribution is 0.0342. The molecule has 3 aromatic rings. The lowest BCUT2D eigenvalue weighted by Gasteiger charge is -2.26. The average molecular weight is 418 g/mol. The molecule has 2 aliphatic rings. The maximum absolute atomic E-state index is 6.50. The number of pyridine rings is 1. The number of hydrogen-bond acceptors (Lipinski definition) is 5. The Bertz CT molecular complexity index is 1010. The van der Waals surface area contributed by atoms with Crippen LogP contribution in [-0.2, 0) is 11.3 Å². The lowest BCUT2D eigenvalue weighted by Crippen LogP contribution is -2.35. The number of benzene rings is 2. The fraction of sp³-hybridized carbons (Fsp3) is 0.423. The summed E-state index contributed by atoms with van der Waals surface area (Å²) in [4.78, 5) is 7.06. The van der Waals surface area contributed by atoms with Crippen LogP contribution in [0.4, 0.5) is 0 Å². The lowest BCUT2D eigenvalue weighted by atomic mass is 10.0. The van der Waals surface area contributed by atoms with Gasteiger partial charge >= 0.3 is 0 Å². The third-order valence-corrected chi connectivity index (χ3v) is 6.56. The summed E-state index contributed by atoms with van der Waals surface area (Å²) >= 11 is 0. The standard InChI is InChI=1S/C26H31N3O2/c1-19(22-8-10-27-17-22)31-26-16-23(15-25-24(26)3-2-9-28-25)21-6-4-20(5-7-21)18-29-11-13-30-14-12-29/h2-7,9,15-16,19,22,27H,8,10-14,17-18H2,1H3/t19-,22-/m1/s1. The van der Waals surface area contributed by atoms with Crippen LogP contribution in [0.25, 0.3) is 22.0 Å². The van der Waals surface area contributed by atoms with Crippen LogP contribution in [0.2, 0.25) is 0 Å². The Labute approximate surface area is 184 Å². The van der Waals surface area contributed by atoms with Crippen molar-refractivity contribution in [1.82, 2.24) is 15.2 Å². The molecule has 0 unspecified atom stereocenters. The number of morpholine rings is 1. The van der Waals surface area contributed by atoms with E-state index in [1.54, 1.807) is 0 Å². The van der Waals surface area contributed by atoms with Crippen LogP contribution in [-0.4, -0.2) is 55.4 Å². The Morgan fingerprint density at radius 1 is 1.13 bits per heavy atom. The molecule has 3 heterocycles. The molecule has 1 N–H and O–H groups in total. The number of nitrogens with one attached hydrogen (secondary N) is 1. The Hall–Kier alpha value is -2.47. The average Bonchev–Trinajstić information content (AvgIpc) is 3.35. The first kappa shape index (κ1) is 20.4. The first-order valence-electron chi connectivity index (χ1n) is 11.4. The summed E-state index contributed by atoms with van der Waals surface area (Å²) in [6, 6.07) is 17.3. The van der Waals surface area contributed by atoms with Gasteiger partial charge in [-0.1, -0.05) is 24.3 Å². The van der Waals surface area contributed by atoms with E-state index < -0.39 is 0 Å². The van der Waals surface area contributed by atoms with Gasteiger partial charge in [-0.15, -0.1) is 0 Å². The summed E-state index contributed by atoms with van der Waals surface area (Å²) in [5.41, 5.74) is 4.65. The second kappa shape index (κ2) is 9.35. The minimum atomic E-state index is 0.171. The Morgan fingerprint density at radius 2 is 1.97 bits per heavy atom. The monoisotopic (exact) mass is 417 g/mol. The zero-order chi connectivity index (χ0) is 21.0. The predicted molar refractivity (Wildman–Crippen MR) is 124 cm³/mol. The van der Waals surface area contributed by atoms with Gasteiger partial charge in [0.2, 0.25) is 0 Å². The van der Waals surface area contributed by atoms with Gasteiger partial charge in [0.1, 0.15) is 5.75 Å². The summed E-state index contributed by atoms with van der Waals surface area (Å²) in [6.45, 7) is 8.96. The van der Waals surface area contributed by atoms with Crippen molar-refractivity contribution in [2.75, 3.05) is 39.4 Å². The molecule has 0 bridgehead atoms. The minimum Gasteiger partial charge on any atom is -0.490 e. The van der Waals surface area contributed by atoms with Gasteiger partial charge in [0.25, 0.3) is 0 Å². The van der Waals surface area contributed by atoms with Crippen LogP contribution in [0.15, 0.2) is 54.7 Å². The number of rotatable bonds is 6. The Balaban J connectivity index is 1.40. The molecular weight excluding hydrogens is 386 g/mol. The van der Waals surface area contributed by atoms with Crippen molar-refractivity contribution >= 4 is 10.9 Å². The SMILES string of the molecule is C[C@@H](Oc1cc(-c2ccc(CN3CCOCC3)cc2)cc2ncccc12)[C@@H]1CCNC1. The summed E-state index contributed by atoms with van der Waals surface area (Å²) in [5.74, 6) is 1.48. The van der Waals surface area contributed by atoms with E-state index >= 15 is 0 Å². The summed E-state index contributed by atoms with van der Waals surface area (Å²) in [7, 11) is 0. The zero-order valence-electron chi connectivity index (χ0n) is 18.2. The molecule has 0 saturated carbocycles. The van der Waals surface area contributed by atoms with E-state index in [0.29, 0.717) is 5.92 Å². The van der Waals surface area contributed by atoms with Crippen molar-refractivity contribution in [3.8, 4) is 16.9 Å². The van der Waals surface area contributed by atoms with Gasteiger partial charge < -0.3 is 14.8 Å². The topological polar surface area (TPSA) is 46.6 Å². The van der Waals surface area contributed by atoms with Crippen LogP contribution in [0.5, 0.6) is 5.75 Å². The predicted octanol–water partition coefficient (Wildman–Crippen LogP) is 4.11. The first-order chi connectivity index (χ1) is 15.3. The molecule has 0 aliphatic carbocycles. The molecule has 0 spiro atoms. The third-order valence-electron chi connectivity index (χ3n) is 6.56. The molecule has 2 aliphatic heterocycles. The molecule has 31 heavy (non-hydrogen) atoms. The molecular formula is C26H31N3O2. The van der Waals surface area contributed by atoms with E-state index in [1.807, 2.05) is 12.3 Å². The van der Waals surface area contributed by atoms with Crippen molar-refractivity contribution in [2.45, 2.75) is 26.0 Å². The molecule has 0 radical (unpaired) electrons. The largest absolute Gasteiger partial charge is 0.490 e. The molecule has 1 aromatic heterocycles. The van der Waals surface area contributed by atoms with E-state index in [9.17, 15) is 0 Å². The summed E-state index contributed by atoms with van der Waals surface area (Å²) < 4.78 is 12.0. The molecule has 2 saturated heterocycles. The van der Waals surface area contributed by atoms with Crippen molar-refractivity contribution in [3.63, 3.8) is 0 Å². The highest BCUT2D eigenvalue weighted by Crippen LogP contribution is 2.33. The number of ether oxygens (including phenoxy) is 2. The Morgan fingerprint density at radius 3 is 2.74 bits per heavy atom. The van der Waals surface area contributed by atoms with Crippen molar-refractivity contribution in [2.24, 2.45) is 5.92 Å². The highest BCUT2D eigenvalue weighted by Gasteiger charge is 2.23. The van der Waals surface area contributed by atoms with E-state index in [1.165, 1.54) is 17.5 Å². The molecule has 0 amide bonds. The maximum Gasteiger partial charge on any atom is 0.129 e. The Kier molecular flexibility index (Phi) is 6.16. The van der Waals surface area contributed by atoms with Crippen LogP contribution in [0.3, 0.4) is 0 Å². The van der Waals surface area contributed by atoms with Crippen LogP contribution >= 0.6 is 0 Å². The maximum atomic E-state index is 6.50. The summed E-state index contributed by atoms with van der Waals surface area (Å²) in [6.07, 6.45) is 3.19. The number of hydrogen-bond donors (Lipinski definition) is 1. The van der Waals surface area contributed by atoms with Gasteiger partial charge in [0.05, 0.1) is 24.8 Å². The molecule has 5 rings (SSSR count). The van der Waals surface area contributed by atoms with Crippen LogP contribution < -0.4 is 10.1 Å². The molecule has 5 heteroatoms. The highest BCUT2D eigenvalue weighted by atomic mass is 16.5. The first-order valence-corrected chi connectivity index (χ1v) is 11.4. The van der Waals surface area contributed by atoms with E-state index in [0.717, 1.165) is 68.2 Å². The van der Waals surface area contributed by atoms with Gasteiger partial charge in [-0.25, -0.2) is 0 Å². The summed E-state index contributed by atoms with van der Waals surface area (Å²) in [5, 5.41) is 4.52. The number of nitrogens with zero attached hydrogens (tertiary/aromatic N) is 2. The fourth-order valence-electron chi connectivity index (χ4n) is 4.61. The smallest absolute Gasteiger partial charge is 0.129 e. The van der Waals surface area contributed by atoms with Gasteiger partial charge in [-0.2, -0.15) is 0 Å². The van der Waals surface area contributed by atoms with Gasteiger partial charge in [0.15, 0.2) is 0 Å². The van der Waals surface area contributed by atoms with Gasteiger partial charge in [0, 0.05) is 43.7 Å². The fourth-order valence-corrected chi connectivity index (χ4v) is 4.61. The number of aromatic nitrogens is 1. The molecule has 162 valence electrons. The molecule has 2 aromatic carbocycles. The van der Waals surface area contributed by atoms with E-state index in [4.69, 9.17) is 9.47 Å². The van der Waals surface area contributed by atoms with Crippen LogP contribution in [0.1, 0.15) is 18.9 Å². The van der Waals surface area contributed by atoms with Gasteiger partial charge in [-0.3, -0.25) is 9.88 Å². The molecule has 2 atom stereocenters. The van der Waals surface area contributed by atoms with Gasteiger partial charge in [-0.05, 0) is 60.8 Å². The van der Waals surface area contributed by atoms with E-state index in [-0.39, 0.29) is 6.10 Å². The molecule has 5 nitrogen and oxygen atoms in total. The quantitative estimate of drug-likeness (QED) is 0.654. The molecule has 2 fully saturated rings. The normalized spacial score (nSPS) is 20.7. The zero-order valence-corrected chi connectivity index (χ0v) is 18.2. The number of fused-ring (bicyclic) bond motifs is 1. The third kappa shape index (κ3) is 4.74. The van der Waals surface area contributed by atoms with Crippen LogP contribution in [0, 0.1) is 5.92 Å². The second-order valence-corrected chi connectivity index (χ2v) is 8.71. The van der Waals surface area contributed by atoms with E-state index in [2.05, 4.69) is 64.6 Å².